The second-order valence-electron chi connectivity index (χ2n) is 5.35. The molecule has 5 nitrogen and oxygen atoms in total. The predicted octanol–water partition coefficient (Wildman–Crippen LogP) is 2.02. The largest absolute Gasteiger partial charge is 0.480 e. The van der Waals surface area contributed by atoms with Crippen LogP contribution < -0.4 is 0 Å². The third-order valence-electron chi connectivity index (χ3n) is 4.11. The number of rotatable bonds is 3. The maximum absolute atomic E-state index is 12.2. The number of likely N-dealkylation sites (N-methyl/N-ethyl adjacent to an activating group) is 1. The first-order valence-electron chi connectivity index (χ1n) is 6.58. The summed E-state index contributed by atoms with van der Waals surface area (Å²) in [5.41, 5.74) is 0. The molecule has 1 N–H and O–H groups in total. The minimum atomic E-state index is -0.976. The van der Waals surface area contributed by atoms with Crippen molar-refractivity contribution in [3.8, 4) is 0 Å². The molecular formula is C13H24N2O3. The van der Waals surface area contributed by atoms with Crippen LogP contribution in [0.1, 0.15) is 39.5 Å². The van der Waals surface area contributed by atoms with Gasteiger partial charge >= 0.3 is 12.0 Å². The second-order valence-corrected chi connectivity index (χ2v) is 5.35. The Morgan fingerprint density at radius 1 is 1.22 bits per heavy atom. The van der Waals surface area contributed by atoms with Crippen LogP contribution in [0.5, 0.6) is 0 Å². The summed E-state index contributed by atoms with van der Waals surface area (Å²) in [4.78, 5) is 26.1. The van der Waals surface area contributed by atoms with Crippen LogP contribution in [0.25, 0.3) is 0 Å². The van der Waals surface area contributed by atoms with Gasteiger partial charge in [0.05, 0.1) is 0 Å². The first-order valence-corrected chi connectivity index (χ1v) is 6.58. The standard InChI is InChI=1S/C13H24N2O3/c1-9-7-5-6-8-11(9)15(4)13(18)14(3)10(2)12(16)17/h9-11H,5-8H2,1-4H3,(H,16,17). The molecule has 104 valence electrons. The fourth-order valence-electron chi connectivity index (χ4n) is 2.59. The number of amides is 2. The molecule has 1 aliphatic rings. The van der Waals surface area contributed by atoms with Gasteiger partial charge in [0, 0.05) is 20.1 Å². The van der Waals surface area contributed by atoms with Gasteiger partial charge in [0.2, 0.25) is 0 Å². The molecule has 0 aromatic heterocycles. The zero-order valence-corrected chi connectivity index (χ0v) is 11.7. The summed E-state index contributed by atoms with van der Waals surface area (Å²) in [6, 6.07) is -0.766. The molecule has 1 aliphatic carbocycles. The van der Waals surface area contributed by atoms with Crippen LogP contribution >= 0.6 is 0 Å². The molecule has 0 saturated heterocycles. The molecular weight excluding hydrogens is 232 g/mol. The van der Waals surface area contributed by atoms with Crippen molar-refractivity contribution >= 4 is 12.0 Å². The molecule has 0 aromatic rings. The minimum Gasteiger partial charge on any atom is -0.480 e. The number of aliphatic carboxylic acids is 1. The van der Waals surface area contributed by atoms with Gasteiger partial charge in [0.15, 0.2) is 0 Å². The monoisotopic (exact) mass is 256 g/mol. The van der Waals surface area contributed by atoms with Gasteiger partial charge in [-0.1, -0.05) is 19.8 Å². The van der Waals surface area contributed by atoms with E-state index in [1.165, 1.54) is 18.2 Å². The molecule has 3 atom stereocenters. The van der Waals surface area contributed by atoms with Crippen molar-refractivity contribution in [2.45, 2.75) is 51.6 Å². The van der Waals surface area contributed by atoms with Crippen LogP contribution in [-0.2, 0) is 4.79 Å². The zero-order chi connectivity index (χ0) is 13.9. The van der Waals surface area contributed by atoms with E-state index in [0.717, 1.165) is 19.3 Å². The zero-order valence-electron chi connectivity index (χ0n) is 11.7. The molecule has 0 bridgehead atoms. The fourth-order valence-corrected chi connectivity index (χ4v) is 2.59. The number of carboxylic acids is 1. The lowest BCUT2D eigenvalue weighted by molar-refractivity contribution is -0.141. The summed E-state index contributed by atoms with van der Waals surface area (Å²) in [6.07, 6.45) is 4.52. The normalized spacial score (nSPS) is 25.3. The Hall–Kier alpha value is -1.26. The Bertz CT molecular complexity index is 319. The van der Waals surface area contributed by atoms with Crippen molar-refractivity contribution in [1.29, 1.82) is 0 Å². The van der Waals surface area contributed by atoms with Gasteiger partial charge in [-0.2, -0.15) is 0 Å². The Kier molecular flexibility index (Phi) is 4.99. The van der Waals surface area contributed by atoms with Gasteiger partial charge in [0.25, 0.3) is 0 Å². The van der Waals surface area contributed by atoms with E-state index in [1.807, 2.05) is 0 Å². The fraction of sp³-hybridized carbons (Fsp3) is 0.846. The summed E-state index contributed by atoms with van der Waals surface area (Å²) in [5, 5.41) is 8.93. The van der Waals surface area contributed by atoms with E-state index in [0.29, 0.717) is 5.92 Å². The average molecular weight is 256 g/mol. The van der Waals surface area contributed by atoms with Crippen LogP contribution in [0.2, 0.25) is 0 Å². The molecule has 0 radical (unpaired) electrons. The van der Waals surface area contributed by atoms with Crippen LogP contribution in [0.4, 0.5) is 4.79 Å². The van der Waals surface area contributed by atoms with Gasteiger partial charge in [-0.05, 0) is 25.7 Å². The minimum absolute atomic E-state index is 0.205. The molecule has 18 heavy (non-hydrogen) atoms. The number of carboxylic acid groups (broad SMARTS) is 1. The molecule has 1 rings (SSSR count). The number of carbonyl (C=O) groups excluding carboxylic acids is 1. The lowest BCUT2D eigenvalue weighted by Crippen LogP contribution is -2.51. The van der Waals surface area contributed by atoms with Crippen molar-refractivity contribution in [2.75, 3.05) is 14.1 Å². The number of carbonyl (C=O) groups is 2. The highest BCUT2D eigenvalue weighted by Crippen LogP contribution is 2.27. The summed E-state index contributed by atoms with van der Waals surface area (Å²) in [7, 11) is 3.32. The van der Waals surface area contributed by atoms with Crippen LogP contribution in [0, 0.1) is 5.92 Å². The summed E-state index contributed by atoms with van der Waals surface area (Å²) < 4.78 is 0. The van der Waals surface area contributed by atoms with Gasteiger partial charge in [-0.25, -0.2) is 9.59 Å². The molecule has 2 amide bonds. The van der Waals surface area contributed by atoms with Crippen molar-refractivity contribution in [3.63, 3.8) is 0 Å². The van der Waals surface area contributed by atoms with Gasteiger partial charge in [0.1, 0.15) is 6.04 Å². The molecule has 3 unspecified atom stereocenters. The third-order valence-corrected chi connectivity index (χ3v) is 4.11. The quantitative estimate of drug-likeness (QED) is 0.840. The summed E-state index contributed by atoms with van der Waals surface area (Å²) in [5.74, 6) is -0.489. The maximum atomic E-state index is 12.2. The SMILES string of the molecule is CC1CCCCC1N(C)C(=O)N(C)C(C)C(=O)O. The van der Waals surface area contributed by atoms with Crippen molar-refractivity contribution in [3.05, 3.63) is 0 Å². The molecule has 0 aromatic carbocycles. The van der Waals surface area contributed by atoms with E-state index < -0.39 is 12.0 Å². The highest BCUT2D eigenvalue weighted by molar-refractivity contribution is 5.82. The molecule has 0 heterocycles. The van der Waals surface area contributed by atoms with Gasteiger partial charge in [-0.3, -0.25) is 0 Å². The first-order chi connectivity index (χ1) is 8.36. The summed E-state index contributed by atoms with van der Waals surface area (Å²) in [6.45, 7) is 3.69. The second kappa shape index (κ2) is 6.07. The molecule has 1 saturated carbocycles. The van der Waals surface area contributed by atoms with Crippen molar-refractivity contribution in [1.82, 2.24) is 9.80 Å². The smallest absolute Gasteiger partial charge is 0.326 e. The van der Waals surface area contributed by atoms with Crippen LogP contribution in [-0.4, -0.2) is 53.1 Å². The molecule has 1 fully saturated rings. The Morgan fingerprint density at radius 2 is 1.78 bits per heavy atom. The van der Waals surface area contributed by atoms with E-state index in [2.05, 4.69) is 6.92 Å². The Labute approximate surface area is 109 Å². The third kappa shape index (κ3) is 3.15. The van der Waals surface area contributed by atoms with E-state index in [9.17, 15) is 9.59 Å². The lowest BCUT2D eigenvalue weighted by Gasteiger charge is -2.38. The maximum Gasteiger partial charge on any atom is 0.326 e. The number of hydrogen-bond acceptors (Lipinski definition) is 2. The number of hydrogen-bond donors (Lipinski definition) is 1. The topological polar surface area (TPSA) is 60.9 Å². The van der Waals surface area contributed by atoms with Crippen LogP contribution in [0.3, 0.4) is 0 Å². The van der Waals surface area contributed by atoms with E-state index in [1.54, 1.807) is 19.0 Å². The first kappa shape index (κ1) is 14.8. The van der Waals surface area contributed by atoms with E-state index in [4.69, 9.17) is 5.11 Å². The molecule has 0 spiro atoms. The Balaban J connectivity index is 2.67. The predicted molar refractivity (Wildman–Crippen MR) is 69.4 cm³/mol. The summed E-state index contributed by atoms with van der Waals surface area (Å²) >= 11 is 0. The van der Waals surface area contributed by atoms with E-state index in [-0.39, 0.29) is 12.1 Å². The van der Waals surface area contributed by atoms with Crippen molar-refractivity contribution in [2.24, 2.45) is 5.92 Å². The highest BCUT2D eigenvalue weighted by Gasteiger charge is 2.31. The number of nitrogens with zero attached hydrogens (tertiary/aromatic N) is 2. The molecule has 5 heteroatoms. The van der Waals surface area contributed by atoms with Gasteiger partial charge in [-0.15, -0.1) is 0 Å². The Morgan fingerprint density at radius 3 is 2.28 bits per heavy atom. The highest BCUT2D eigenvalue weighted by atomic mass is 16.4. The van der Waals surface area contributed by atoms with E-state index >= 15 is 0 Å². The van der Waals surface area contributed by atoms with Gasteiger partial charge < -0.3 is 14.9 Å². The van der Waals surface area contributed by atoms with Crippen molar-refractivity contribution < 1.29 is 14.7 Å². The number of urea groups is 1. The van der Waals surface area contributed by atoms with Crippen LogP contribution in [0.15, 0.2) is 0 Å². The molecule has 0 aliphatic heterocycles. The average Bonchev–Trinajstić information content (AvgIpc) is 2.35. The lowest BCUT2D eigenvalue weighted by atomic mass is 9.85.